The molecule has 4 nitrogen and oxygen atoms in total. The average molecular weight is 286 g/mol. The fourth-order valence-electron chi connectivity index (χ4n) is 2.38. The van der Waals surface area contributed by atoms with Crippen molar-refractivity contribution in [2.24, 2.45) is 0 Å². The van der Waals surface area contributed by atoms with Crippen molar-refractivity contribution in [2.45, 2.75) is 33.4 Å². The lowest BCUT2D eigenvalue weighted by atomic mass is 10.1. The average Bonchev–Trinajstić information content (AvgIpc) is 2.97. The van der Waals surface area contributed by atoms with Gasteiger partial charge in [-0.1, -0.05) is 6.07 Å². The number of nitrogens with one attached hydrogen (secondary N) is 1. The van der Waals surface area contributed by atoms with Crippen molar-refractivity contribution in [3.05, 3.63) is 52.6 Å². The van der Waals surface area contributed by atoms with Crippen LogP contribution in [0.1, 0.15) is 35.6 Å². The summed E-state index contributed by atoms with van der Waals surface area (Å²) in [6, 6.07) is 4.34. The van der Waals surface area contributed by atoms with Gasteiger partial charge in [0.25, 0.3) is 0 Å². The number of aryl methyl sites for hydroxylation is 2. The van der Waals surface area contributed by atoms with Crippen LogP contribution in [0.3, 0.4) is 0 Å². The van der Waals surface area contributed by atoms with E-state index in [0.717, 1.165) is 17.2 Å². The molecule has 0 aliphatic rings. The molecule has 0 aliphatic carbocycles. The van der Waals surface area contributed by atoms with Crippen LogP contribution in [0.25, 0.3) is 4.96 Å². The monoisotopic (exact) mass is 286 g/mol. The number of fused-ring (bicyclic) bond motifs is 1. The van der Waals surface area contributed by atoms with Gasteiger partial charge in [0.15, 0.2) is 4.96 Å². The van der Waals surface area contributed by atoms with E-state index in [-0.39, 0.29) is 6.04 Å². The lowest BCUT2D eigenvalue weighted by Gasteiger charge is -2.14. The number of nitrogens with zero attached hydrogens (tertiary/aromatic N) is 3. The van der Waals surface area contributed by atoms with Gasteiger partial charge < -0.3 is 5.32 Å². The van der Waals surface area contributed by atoms with Gasteiger partial charge in [-0.05, 0) is 32.4 Å². The largest absolute Gasteiger partial charge is 0.305 e. The quantitative estimate of drug-likeness (QED) is 0.800. The Morgan fingerprint density at radius 3 is 3.00 bits per heavy atom. The molecule has 0 saturated carbocycles. The Kier molecular flexibility index (Phi) is 3.54. The Labute approximate surface area is 122 Å². The lowest BCUT2D eigenvalue weighted by molar-refractivity contribution is 0.562. The van der Waals surface area contributed by atoms with E-state index in [2.05, 4.69) is 51.9 Å². The summed E-state index contributed by atoms with van der Waals surface area (Å²) in [7, 11) is 0. The third-order valence-electron chi connectivity index (χ3n) is 3.59. The van der Waals surface area contributed by atoms with Crippen molar-refractivity contribution in [2.75, 3.05) is 0 Å². The predicted octanol–water partition coefficient (Wildman–Crippen LogP) is 3.26. The summed E-state index contributed by atoms with van der Waals surface area (Å²) in [5, 5.41) is 5.70. The zero-order valence-electron chi connectivity index (χ0n) is 11.9. The summed E-state index contributed by atoms with van der Waals surface area (Å²) in [4.78, 5) is 9.86. The highest BCUT2D eigenvalue weighted by molar-refractivity contribution is 7.15. The minimum atomic E-state index is 0.271. The summed E-state index contributed by atoms with van der Waals surface area (Å²) in [5.41, 5.74) is 4.80. The second-order valence-corrected chi connectivity index (χ2v) is 5.86. The molecule has 0 aliphatic heterocycles. The zero-order valence-corrected chi connectivity index (χ0v) is 12.7. The second kappa shape index (κ2) is 5.34. The standard InChI is InChI=1S/C15H18N4S/c1-10-9-20-15-18-12(3)14(19(10)15)8-17-11(2)13-5-4-6-16-7-13/h4-7,9,11,17H,8H2,1-3H3/t11-/m0/s1. The molecule has 3 heterocycles. The van der Waals surface area contributed by atoms with Gasteiger partial charge in [0.05, 0.1) is 11.4 Å². The van der Waals surface area contributed by atoms with Crippen LogP contribution in [-0.2, 0) is 6.54 Å². The van der Waals surface area contributed by atoms with Crippen molar-refractivity contribution in [3.63, 3.8) is 0 Å². The van der Waals surface area contributed by atoms with E-state index in [4.69, 9.17) is 0 Å². The van der Waals surface area contributed by atoms with Crippen LogP contribution in [0.5, 0.6) is 0 Å². The molecule has 0 unspecified atom stereocenters. The first-order chi connectivity index (χ1) is 9.66. The molecule has 1 atom stereocenters. The molecule has 20 heavy (non-hydrogen) atoms. The molecule has 0 radical (unpaired) electrons. The van der Waals surface area contributed by atoms with Crippen LogP contribution >= 0.6 is 11.3 Å². The predicted molar refractivity (Wildman–Crippen MR) is 82.0 cm³/mol. The van der Waals surface area contributed by atoms with Gasteiger partial charge in [-0.15, -0.1) is 11.3 Å². The molecule has 0 bridgehead atoms. The van der Waals surface area contributed by atoms with E-state index in [1.807, 2.05) is 12.3 Å². The molecule has 3 rings (SSSR count). The van der Waals surface area contributed by atoms with Gasteiger partial charge in [0.2, 0.25) is 0 Å². The molecule has 3 aromatic rings. The fourth-order valence-corrected chi connectivity index (χ4v) is 3.31. The van der Waals surface area contributed by atoms with Gasteiger partial charge >= 0.3 is 0 Å². The Morgan fingerprint density at radius 2 is 2.25 bits per heavy atom. The minimum Gasteiger partial charge on any atom is -0.305 e. The van der Waals surface area contributed by atoms with Crippen LogP contribution in [0.4, 0.5) is 0 Å². The van der Waals surface area contributed by atoms with Crippen molar-refractivity contribution in [1.82, 2.24) is 19.7 Å². The molecule has 0 spiro atoms. The summed E-state index contributed by atoms with van der Waals surface area (Å²) >= 11 is 1.69. The minimum absolute atomic E-state index is 0.271. The second-order valence-electron chi connectivity index (χ2n) is 5.03. The van der Waals surface area contributed by atoms with Crippen molar-refractivity contribution in [3.8, 4) is 0 Å². The van der Waals surface area contributed by atoms with Crippen LogP contribution in [-0.4, -0.2) is 14.4 Å². The first-order valence-corrected chi connectivity index (χ1v) is 7.60. The Morgan fingerprint density at radius 1 is 1.40 bits per heavy atom. The Bertz CT molecular complexity index is 714. The molecule has 104 valence electrons. The van der Waals surface area contributed by atoms with E-state index in [9.17, 15) is 0 Å². The number of hydrogen-bond donors (Lipinski definition) is 1. The highest BCUT2D eigenvalue weighted by Crippen LogP contribution is 2.21. The Hall–Kier alpha value is -1.72. The fraction of sp³-hybridized carbons (Fsp3) is 0.333. The van der Waals surface area contributed by atoms with E-state index in [1.165, 1.54) is 17.0 Å². The molecule has 0 saturated heterocycles. The number of rotatable bonds is 4. The molecular formula is C15H18N4S. The van der Waals surface area contributed by atoms with Gasteiger partial charge in [-0.3, -0.25) is 9.38 Å². The maximum Gasteiger partial charge on any atom is 0.194 e. The van der Waals surface area contributed by atoms with Crippen molar-refractivity contribution < 1.29 is 0 Å². The van der Waals surface area contributed by atoms with Gasteiger partial charge in [0.1, 0.15) is 0 Å². The van der Waals surface area contributed by atoms with Gasteiger partial charge in [-0.2, -0.15) is 0 Å². The van der Waals surface area contributed by atoms with Crippen LogP contribution < -0.4 is 5.32 Å². The maximum atomic E-state index is 4.61. The first-order valence-electron chi connectivity index (χ1n) is 6.72. The highest BCUT2D eigenvalue weighted by atomic mass is 32.1. The van der Waals surface area contributed by atoms with E-state index >= 15 is 0 Å². The van der Waals surface area contributed by atoms with E-state index in [1.54, 1.807) is 17.5 Å². The van der Waals surface area contributed by atoms with Gasteiger partial charge in [-0.25, -0.2) is 4.98 Å². The Balaban J connectivity index is 1.80. The summed E-state index contributed by atoms with van der Waals surface area (Å²) in [6.45, 7) is 7.16. The molecule has 0 aromatic carbocycles. The molecule has 5 heteroatoms. The zero-order chi connectivity index (χ0) is 14.1. The SMILES string of the molecule is Cc1nc2scc(C)n2c1CN[C@@H](C)c1cccnc1. The number of pyridine rings is 1. The third-order valence-corrected chi connectivity index (χ3v) is 4.53. The summed E-state index contributed by atoms with van der Waals surface area (Å²) < 4.78 is 2.24. The molecule has 1 N–H and O–H groups in total. The molecular weight excluding hydrogens is 268 g/mol. The van der Waals surface area contributed by atoms with Crippen LogP contribution in [0, 0.1) is 13.8 Å². The van der Waals surface area contributed by atoms with Crippen LogP contribution in [0.2, 0.25) is 0 Å². The highest BCUT2D eigenvalue weighted by Gasteiger charge is 2.13. The summed E-state index contributed by atoms with van der Waals surface area (Å²) in [5.74, 6) is 0. The third kappa shape index (κ3) is 2.34. The summed E-state index contributed by atoms with van der Waals surface area (Å²) in [6.07, 6.45) is 3.71. The van der Waals surface area contributed by atoms with Crippen molar-refractivity contribution >= 4 is 16.3 Å². The first kappa shape index (κ1) is 13.3. The molecule has 3 aromatic heterocycles. The van der Waals surface area contributed by atoms with E-state index < -0.39 is 0 Å². The van der Waals surface area contributed by atoms with Crippen molar-refractivity contribution in [1.29, 1.82) is 0 Å². The van der Waals surface area contributed by atoms with E-state index in [0.29, 0.717) is 0 Å². The lowest BCUT2D eigenvalue weighted by Crippen LogP contribution is -2.19. The molecule has 0 amide bonds. The number of hydrogen-bond acceptors (Lipinski definition) is 4. The maximum absolute atomic E-state index is 4.61. The topological polar surface area (TPSA) is 42.2 Å². The van der Waals surface area contributed by atoms with Crippen LogP contribution in [0.15, 0.2) is 29.9 Å². The number of imidazole rings is 1. The smallest absolute Gasteiger partial charge is 0.194 e. The molecule has 0 fully saturated rings. The van der Waals surface area contributed by atoms with Gasteiger partial charge in [0, 0.05) is 36.1 Å². The number of thiazole rings is 1. The normalized spacial score (nSPS) is 12.9. The number of aromatic nitrogens is 3.